The number of benzene rings is 1. The molecule has 3 radical (unpaired) electrons. The van der Waals surface area contributed by atoms with Crippen molar-refractivity contribution in [3.8, 4) is 5.75 Å². The summed E-state index contributed by atoms with van der Waals surface area (Å²) < 4.78 is 0. The van der Waals surface area contributed by atoms with Crippen molar-refractivity contribution < 1.29 is 19.2 Å². The zero-order valence-electron chi connectivity index (χ0n) is 5.64. The van der Waals surface area contributed by atoms with Gasteiger partial charge in [-0.3, -0.25) is 14.1 Å². The molecule has 0 saturated heterocycles. The SMILES string of the molecule is F.F.F.Oc1ccccc1.[B]. The molecule has 0 unspecified atom stereocenters. The van der Waals surface area contributed by atoms with Crippen molar-refractivity contribution >= 4 is 8.41 Å². The first-order chi connectivity index (χ1) is 3.39. The van der Waals surface area contributed by atoms with Gasteiger partial charge in [0.15, 0.2) is 0 Å². The number of phenols is 1. The second kappa shape index (κ2) is 11.6. The fourth-order valence-corrected chi connectivity index (χ4v) is 0.428. The first kappa shape index (κ1) is 22.5. The van der Waals surface area contributed by atoms with Gasteiger partial charge in [0.25, 0.3) is 0 Å². The first-order valence-corrected chi connectivity index (χ1v) is 2.13. The molecule has 0 aromatic heterocycles. The largest absolute Gasteiger partial charge is 0.508 e. The molecule has 0 aliphatic rings. The van der Waals surface area contributed by atoms with Gasteiger partial charge in [0, 0.05) is 8.41 Å². The summed E-state index contributed by atoms with van der Waals surface area (Å²) in [5.41, 5.74) is 0. The quantitative estimate of drug-likeness (QED) is 0.577. The predicted molar refractivity (Wildman–Crippen MR) is 41.4 cm³/mol. The number of rotatable bonds is 0. The molecule has 11 heavy (non-hydrogen) atoms. The van der Waals surface area contributed by atoms with Crippen LogP contribution in [-0.4, -0.2) is 13.5 Å². The van der Waals surface area contributed by atoms with Gasteiger partial charge in [-0.25, -0.2) is 0 Å². The van der Waals surface area contributed by atoms with Crippen LogP contribution in [0.4, 0.5) is 14.1 Å². The Morgan fingerprint density at radius 2 is 1.18 bits per heavy atom. The van der Waals surface area contributed by atoms with E-state index in [1.807, 2.05) is 6.07 Å². The van der Waals surface area contributed by atoms with Crippen LogP contribution in [-0.2, 0) is 0 Å². The van der Waals surface area contributed by atoms with Crippen LogP contribution in [0.5, 0.6) is 5.75 Å². The van der Waals surface area contributed by atoms with Crippen LogP contribution >= 0.6 is 0 Å². The maximum absolute atomic E-state index is 8.63. The van der Waals surface area contributed by atoms with Crippen molar-refractivity contribution in [2.24, 2.45) is 0 Å². The zero-order valence-corrected chi connectivity index (χ0v) is 5.64. The van der Waals surface area contributed by atoms with E-state index in [0.717, 1.165) is 0 Å². The van der Waals surface area contributed by atoms with Crippen molar-refractivity contribution in [2.75, 3.05) is 0 Å². The number of hydrogen-bond donors (Lipinski definition) is 1. The molecule has 5 heteroatoms. The molecule has 1 aromatic carbocycles. The summed E-state index contributed by atoms with van der Waals surface area (Å²) in [5.74, 6) is 0.322. The number of phenolic OH excluding ortho intramolecular Hbond substituents is 1. The molecule has 0 atom stereocenters. The van der Waals surface area contributed by atoms with Gasteiger partial charge in [-0.15, -0.1) is 0 Å². The number of para-hydroxylation sites is 1. The number of aromatic hydroxyl groups is 1. The van der Waals surface area contributed by atoms with Gasteiger partial charge in [-0.05, 0) is 12.1 Å². The standard InChI is InChI=1S/C6H6O.B.3FH/c7-6-4-2-1-3-5-6;;;;/h1-5,7H;;3*1H. The van der Waals surface area contributed by atoms with Gasteiger partial charge in [0.2, 0.25) is 0 Å². The normalized spacial score (nSPS) is 5.45. The Kier molecular flexibility index (Phi) is 23.9. The van der Waals surface area contributed by atoms with Gasteiger partial charge in [-0.2, -0.15) is 0 Å². The lowest BCUT2D eigenvalue weighted by Crippen LogP contribution is -1.56. The summed E-state index contributed by atoms with van der Waals surface area (Å²) >= 11 is 0. The summed E-state index contributed by atoms with van der Waals surface area (Å²) in [6, 6.07) is 8.71. The topological polar surface area (TPSA) is 20.2 Å². The van der Waals surface area contributed by atoms with Crippen LogP contribution in [0.3, 0.4) is 0 Å². The minimum absolute atomic E-state index is 0. The highest BCUT2D eigenvalue weighted by atomic mass is 19.0. The van der Waals surface area contributed by atoms with Gasteiger partial charge < -0.3 is 5.11 Å². The van der Waals surface area contributed by atoms with Crippen molar-refractivity contribution in [1.82, 2.24) is 0 Å². The Hall–Kier alpha value is -1.13. The second-order valence-electron chi connectivity index (χ2n) is 1.34. The van der Waals surface area contributed by atoms with E-state index in [4.69, 9.17) is 5.11 Å². The third-order valence-corrected chi connectivity index (χ3v) is 0.756. The molecule has 0 spiro atoms. The Morgan fingerprint density at radius 1 is 0.818 bits per heavy atom. The van der Waals surface area contributed by atoms with Crippen molar-refractivity contribution in [1.29, 1.82) is 0 Å². The molecule has 63 valence electrons. The van der Waals surface area contributed by atoms with E-state index in [0.29, 0.717) is 5.75 Å². The summed E-state index contributed by atoms with van der Waals surface area (Å²) in [5, 5.41) is 8.63. The Bertz CT molecular complexity index is 148. The maximum Gasteiger partial charge on any atom is 0.115 e. The van der Waals surface area contributed by atoms with Crippen LogP contribution in [0.25, 0.3) is 0 Å². The van der Waals surface area contributed by atoms with E-state index < -0.39 is 0 Å². The molecular weight excluding hydrogens is 156 g/mol. The summed E-state index contributed by atoms with van der Waals surface area (Å²) in [6.07, 6.45) is 0. The summed E-state index contributed by atoms with van der Waals surface area (Å²) in [7, 11) is 0. The molecule has 1 nitrogen and oxygen atoms in total. The van der Waals surface area contributed by atoms with Crippen molar-refractivity contribution in [3.05, 3.63) is 30.3 Å². The predicted octanol–water partition coefficient (Wildman–Crippen LogP) is 1.47. The van der Waals surface area contributed by atoms with Crippen molar-refractivity contribution in [3.63, 3.8) is 0 Å². The van der Waals surface area contributed by atoms with E-state index in [9.17, 15) is 0 Å². The molecule has 0 fully saturated rings. The van der Waals surface area contributed by atoms with E-state index in [1.54, 1.807) is 24.3 Å². The van der Waals surface area contributed by atoms with Crippen molar-refractivity contribution in [2.45, 2.75) is 0 Å². The second-order valence-corrected chi connectivity index (χ2v) is 1.34. The van der Waals surface area contributed by atoms with Crippen LogP contribution in [0, 0.1) is 0 Å². The lowest BCUT2D eigenvalue weighted by atomic mass is 10.3. The van der Waals surface area contributed by atoms with Gasteiger partial charge in [0.05, 0.1) is 0 Å². The molecule has 1 rings (SSSR count). The van der Waals surface area contributed by atoms with Gasteiger partial charge >= 0.3 is 0 Å². The molecule has 1 N–H and O–H groups in total. The van der Waals surface area contributed by atoms with E-state index in [-0.39, 0.29) is 22.5 Å². The van der Waals surface area contributed by atoms with Gasteiger partial charge in [0.1, 0.15) is 5.75 Å². The average Bonchev–Trinajstić information content (AvgIpc) is 1.69. The molecule has 0 amide bonds. The molecular formula is C6H9BF3O. The van der Waals surface area contributed by atoms with Gasteiger partial charge in [-0.1, -0.05) is 18.2 Å². The molecule has 0 bridgehead atoms. The first-order valence-electron chi connectivity index (χ1n) is 2.13. The smallest absolute Gasteiger partial charge is 0.115 e. The summed E-state index contributed by atoms with van der Waals surface area (Å²) in [6.45, 7) is 0. The van der Waals surface area contributed by atoms with Crippen LogP contribution < -0.4 is 0 Å². The minimum atomic E-state index is 0. The molecule has 0 heterocycles. The van der Waals surface area contributed by atoms with Crippen LogP contribution in [0.2, 0.25) is 0 Å². The van der Waals surface area contributed by atoms with E-state index >= 15 is 0 Å². The van der Waals surface area contributed by atoms with E-state index in [2.05, 4.69) is 0 Å². The minimum Gasteiger partial charge on any atom is -0.508 e. The Morgan fingerprint density at radius 3 is 1.36 bits per heavy atom. The Labute approximate surface area is 64.7 Å². The summed E-state index contributed by atoms with van der Waals surface area (Å²) in [4.78, 5) is 0. The molecule has 1 aromatic rings. The lowest BCUT2D eigenvalue weighted by Gasteiger charge is -1.82. The van der Waals surface area contributed by atoms with E-state index in [1.165, 1.54) is 0 Å². The highest BCUT2D eigenvalue weighted by Gasteiger charge is 1.74. The third-order valence-electron chi connectivity index (χ3n) is 0.756. The average molecular weight is 165 g/mol. The number of halogens is 3. The highest BCUT2D eigenvalue weighted by Crippen LogP contribution is 2.02. The Balaban J connectivity index is -0.0000000612. The van der Waals surface area contributed by atoms with Crippen LogP contribution in [0.15, 0.2) is 30.3 Å². The fraction of sp³-hybridized carbons (Fsp3) is 0. The molecule has 0 aliphatic carbocycles. The van der Waals surface area contributed by atoms with Crippen LogP contribution in [0.1, 0.15) is 0 Å². The molecule has 0 aliphatic heterocycles. The third kappa shape index (κ3) is 8.87. The maximum atomic E-state index is 8.63. The highest BCUT2D eigenvalue weighted by molar-refractivity contribution is 5.75. The number of hydrogen-bond acceptors (Lipinski definition) is 1. The monoisotopic (exact) mass is 165 g/mol. The zero-order chi connectivity index (χ0) is 5.11. The molecule has 0 saturated carbocycles. The fourth-order valence-electron chi connectivity index (χ4n) is 0.428. The lowest BCUT2D eigenvalue weighted by molar-refractivity contribution is 0.475.